The Balaban J connectivity index is 1.80. The van der Waals surface area contributed by atoms with Gasteiger partial charge in [-0.15, -0.1) is 0 Å². The summed E-state index contributed by atoms with van der Waals surface area (Å²) in [6.07, 6.45) is -1.05. The number of amides is 1. The van der Waals surface area contributed by atoms with Gasteiger partial charge in [-0.05, 0) is 49.4 Å². The van der Waals surface area contributed by atoms with Crippen molar-refractivity contribution in [1.82, 2.24) is 14.3 Å². The van der Waals surface area contributed by atoms with Crippen LogP contribution in [0.15, 0.2) is 73.1 Å². The second-order valence-electron chi connectivity index (χ2n) is 6.77. The lowest BCUT2D eigenvalue weighted by molar-refractivity contribution is -0.137. The molecule has 2 heterocycles. The summed E-state index contributed by atoms with van der Waals surface area (Å²) in [7, 11) is 0. The zero-order valence-corrected chi connectivity index (χ0v) is 16.9. The number of para-hydroxylation sites is 1. The van der Waals surface area contributed by atoms with Gasteiger partial charge in [-0.25, -0.2) is 4.68 Å². The van der Waals surface area contributed by atoms with Crippen LogP contribution in [-0.2, 0) is 6.18 Å². The average Bonchev–Trinajstić information content (AvgIpc) is 3.37. The maximum absolute atomic E-state index is 13.2. The molecule has 31 heavy (non-hydrogen) atoms. The van der Waals surface area contributed by atoms with E-state index in [9.17, 15) is 18.0 Å². The number of aryl methyl sites for hydroxylation is 1. The highest BCUT2D eigenvalue weighted by Crippen LogP contribution is 2.34. The lowest BCUT2D eigenvalue weighted by Gasteiger charge is -2.13. The molecule has 0 spiro atoms. The summed E-state index contributed by atoms with van der Waals surface area (Å²) in [6.45, 7) is 1.66. The molecule has 1 amide bonds. The smallest absolute Gasteiger partial charge is 0.320 e. The molecule has 0 atom stereocenters. The Labute approximate surface area is 180 Å². The van der Waals surface area contributed by atoms with Crippen molar-refractivity contribution < 1.29 is 18.0 Å². The molecule has 1 N–H and O–H groups in total. The number of aromatic nitrogens is 3. The highest BCUT2D eigenvalue weighted by atomic mass is 35.5. The van der Waals surface area contributed by atoms with Gasteiger partial charge in [0.1, 0.15) is 5.56 Å². The molecular formula is C22H16ClF3N4O. The van der Waals surface area contributed by atoms with E-state index in [0.29, 0.717) is 11.5 Å². The number of nitrogens with one attached hydrogen (secondary N) is 1. The molecule has 0 saturated carbocycles. The molecule has 0 unspecified atom stereocenters. The van der Waals surface area contributed by atoms with Crippen LogP contribution >= 0.6 is 11.6 Å². The van der Waals surface area contributed by atoms with Gasteiger partial charge in [0.25, 0.3) is 5.91 Å². The van der Waals surface area contributed by atoms with Crippen LogP contribution in [0, 0.1) is 6.92 Å². The van der Waals surface area contributed by atoms with E-state index < -0.39 is 17.6 Å². The lowest BCUT2D eigenvalue weighted by atomic mass is 10.1. The Kier molecular flexibility index (Phi) is 5.32. The molecule has 9 heteroatoms. The predicted octanol–water partition coefficient (Wildman–Crippen LogP) is 5.90. The van der Waals surface area contributed by atoms with Crippen LogP contribution in [0.25, 0.3) is 11.5 Å². The van der Waals surface area contributed by atoms with E-state index in [2.05, 4.69) is 10.4 Å². The maximum Gasteiger partial charge on any atom is 0.416 e. The second-order valence-corrected chi connectivity index (χ2v) is 7.18. The van der Waals surface area contributed by atoms with Gasteiger partial charge in [0.2, 0.25) is 0 Å². The van der Waals surface area contributed by atoms with E-state index in [0.717, 1.165) is 23.9 Å². The minimum Gasteiger partial charge on any atom is -0.320 e. The fraction of sp³-hybridized carbons (Fsp3) is 0.0909. The minimum absolute atomic E-state index is 0.00281. The molecule has 0 aliphatic rings. The van der Waals surface area contributed by atoms with Gasteiger partial charge in [0.05, 0.1) is 27.7 Å². The molecule has 0 aliphatic carbocycles. The van der Waals surface area contributed by atoms with Gasteiger partial charge >= 0.3 is 6.18 Å². The number of hydrogen-bond donors (Lipinski definition) is 1. The van der Waals surface area contributed by atoms with E-state index in [1.807, 2.05) is 30.3 Å². The summed E-state index contributed by atoms with van der Waals surface area (Å²) >= 11 is 6.05. The Hall–Kier alpha value is -3.52. The van der Waals surface area contributed by atoms with E-state index in [1.165, 1.54) is 0 Å². The van der Waals surface area contributed by atoms with Crippen molar-refractivity contribution in [3.63, 3.8) is 0 Å². The first-order chi connectivity index (χ1) is 14.8. The predicted molar refractivity (Wildman–Crippen MR) is 112 cm³/mol. The highest BCUT2D eigenvalue weighted by Gasteiger charge is 2.31. The molecule has 4 aromatic rings. The zero-order chi connectivity index (χ0) is 22.2. The van der Waals surface area contributed by atoms with Crippen molar-refractivity contribution in [2.45, 2.75) is 13.1 Å². The molecule has 0 bridgehead atoms. The third-order valence-corrected chi connectivity index (χ3v) is 4.98. The summed E-state index contributed by atoms with van der Waals surface area (Å²) < 4.78 is 42.6. The summed E-state index contributed by atoms with van der Waals surface area (Å²) in [5.74, 6) is -0.168. The average molecular weight is 445 g/mol. The van der Waals surface area contributed by atoms with Crippen molar-refractivity contribution >= 4 is 23.2 Å². The lowest BCUT2D eigenvalue weighted by Crippen LogP contribution is -2.17. The number of halogens is 4. The SMILES string of the molecule is Cc1nn(-c2ccccc2)c(-n2cccc2)c1C(=O)Nc1cc(C(F)(F)F)ccc1Cl. The third-order valence-electron chi connectivity index (χ3n) is 4.65. The number of nitrogens with zero attached hydrogens (tertiary/aromatic N) is 3. The zero-order valence-electron chi connectivity index (χ0n) is 16.2. The molecular weight excluding hydrogens is 429 g/mol. The molecule has 2 aromatic carbocycles. The fourth-order valence-corrected chi connectivity index (χ4v) is 3.39. The Morgan fingerprint density at radius 2 is 1.71 bits per heavy atom. The van der Waals surface area contributed by atoms with Gasteiger partial charge in [-0.1, -0.05) is 29.8 Å². The third kappa shape index (κ3) is 4.06. The normalized spacial score (nSPS) is 11.5. The first-order valence-corrected chi connectivity index (χ1v) is 9.60. The molecule has 2 aromatic heterocycles. The van der Waals surface area contributed by atoms with Gasteiger partial charge in [-0.3, -0.25) is 4.79 Å². The molecule has 0 saturated heterocycles. The molecule has 5 nitrogen and oxygen atoms in total. The standard InChI is InChI=1S/C22H16ClF3N4O/c1-14-19(20(31)27-18-13-15(22(24,25)26)9-10-17(18)23)21(29-11-5-6-12-29)30(28-14)16-7-3-2-4-8-16/h2-13H,1H3,(H,27,31). The first-order valence-electron chi connectivity index (χ1n) is 9.22. The van der Waals surface area contributed by atoms with Gasteiger partial charge in [-0.2, -0.15) is 18.3 Å². The van der Waals surface area contributed by atoms with Crippen LogP contribution in [0.1, 0.15) is 21.6 Å². The summed E-state index contributed by atoms with van der Waals surface area (Å²) in [5.41, 5.74) is 0.313. The number of carbonyl (C=O) groups excluding carboxylic acids is 1. The number of carbonyl (C=O) groups is 1. The molecule has 0 aliphatic heterocycles. The number of benzene rings is 2. The van der Waals surface area contributed by atoms with Crippen molar-refractivity contribution in [3.05, 3.63) is 94.9 Å². The molecule has 4 rings (SSSR count). The van der Waals surface area contributed by atoms with Crippen LogP contribution < -0.4 is 5.32 Å². The topological polar surface area (TPSA) is 51.9 Å². The van der Waals surface area contributed by atoms with Crippen molar-refractivity contribution in [2.75, 3.05) is 5.32 Å². The van der Waals surface area contributed by atoms with Gasteiger partial charge in [0.15, 0.2) is 5.82 Å². The Morgan fingerprint density at radius 1 is 1.03 bits per heavy atom. The Bertz CT molecular complexity index is 1230. The van der Waals surface area contributed by atoms with E-state index in [-0.39, 0.29) is 16.3 Å². The van der Waals surface area contributed by atoms with Crippen molar-refractivity contribution in [3.8, 4) is 11.5 Å². The van der Waals surface area contributed by atoms with Crippen LogP contribution in [-0.4, -0.2) is 20.3 Å². The largest absolute Gasteiger partial charge is 0.416 e. The number of rotatable bonds is 4. The van der Waals surface area contributed by atoms with Gasteiger partial charge < -0.3 is 9.88 Å². The first kappa shape index (κ1) is 20.7. The quantitative estimate of drug-likeness (QED) is 0.426. The number of hydrogen-bond acceptors (Lipinski definition) is 2. The Morgan fingerprint density at radius 3 is 2.35 bits per heavy atom. The van der Waals surface area contributed by atoms with E-state index in [1.54, 1.807) is 40.7 Å². The van der Waals surface area contributed by atoms with Crippen LogP contribution in [0.4, 0.5) is 18.9 Å². The minimum atomic E-state index is -4.56. The summed E-state index contributed by atoms with van der Waals surface area (Å²) in [4.78, 5) is 13.2. The number of alkyl halides is 3. The summed E-state index contributed by atoms with van der Waals surface area (Å²) in [6, 6.07) is 15.6. The fourth-order valence-electron chi connectivity index (χ4n) is 3.23. The van der Waals surface area contributed by atoms with Crippen molar-refractivity contribution in [2.24, 2.45) is 0 Å². The van der Waals surface area contributed by atoms with Crippen LogP contribution in [0.5, 0.6) is 0 Å². The molecule has 158 valence electrons. The van der Waals surface area contributed by atoms with E-state index >= 15 is 0 Å². The van der Waals surface area contributed by atoms with Crippen LogP contribution in [0.3, 0.4) is 0 Å². The monoisotopic (exact) mass is 444 g/mol. The second kappa shape index (κ2) is 7.96. The summed E-state index contributed by atoms with van der Waals surface area (Å²) in [5, 5.41) is 7.01. The van der Waals surface area contributed by atoms with Gasteiger partial charge in [0, 0.05) is 12.4 Å². The number of anilines is 1. The molecule has 0 fully saturated rings. The molecule has 0 radical (unpaired) electrons. The van der Waals surface area contributed by atoms with E-state index in [4.69, 9.17) is 11.6 Å². The van der Waals surface area contributed by atoms with Crippen LogP contribution in [0.2, 0.25) is 5.02 Å². The highest BCUT2D eigenvalue weighted by molar-refractivity contribution is 6.34. The maximum atomic E-state index is 13.2. The van der Waals surface area contributed by atoms with Crippen molar-refractivity contribution in [1.29, 1.82) is 0 Å².